The number of hydrogen-bond donors (Lipinski definition) is 0. The summed E-state index contributed by atoms with van der Waals surface area (Å²) >= 11 is 0. The number of para-hydroxylation sites is 4. The van der Waals surface area contributed by atoms with Gasteiger partial charge in [-0.15, -0.1) is 53.6 Å². The first kappa shape index (κ1) is 39.2. The first-order chi connectivity index (χ1) is 27.5. The van der Waals surface area contributed by atoms with Crippen LogP contribution in [0.2, 0.25) is 19.6 Å². The van der Waals surface area contributed by atoms with Crippen molar-refractivity contribution in [3.8, 4) is 28.3 Å². The van der Waals surface area contributed by atoms with Crippen molar-refractivity contribution in [2.24, 2.45) is 5.92 Å². The zero-order chi connectivity index (χ0) is 39.4. The van der Waals surface area contributed by atoms with Crippen LogP contribution < -0.4 is 5.19 Å². The molecule has 10 aromatic rings. The van der Waals surface area contributed by atoms with Gasteiger partial charge in [0.15, 0.2) is 5.58 Å². The van der Waals surface area contributed by atoms with Crippen LogP contribution in [0.3, 0.4) is 0 Å². The number of hydrogen-bond acceptors (Lipinski definition) is 4. The van der Waals surface area contributed by atoms with E-state index in [9.17, 15) is 4.39 Å². The maximum absolute atomic E-state index is 14.1. The van der Waals surface area contributed by atoms with E-state index in [1.165, 1.54) is 22.9 Å². The maximum atomic E-state index is 14.1. The van der Waals surface area contributed by atoms with E-state index in [0.29, 0.717) is 28.5 Å². The van der Waals surface area contributed by atoms with Gasteiger partial charge in [0.2, 0.25) is 0 Å². The van der Waals surface area contributed by atoms with Crippen molar-refractivity contribution in [2.75, 3.05) is 0 Å². The summed E-state index contributed by atoms with van der Waals surface area (Å²) < 4.78 is 28.8. The van der Waals surface area contributed by atoms with Crippen molar-refractivity contribution in [3.63, 3.8) is 0 Å². The van der Waals surface area contributed by atoms with Gasteiger partial charge in [-0.05, 0) is 59.6 Å². The predicted molar refractivity (Wildman–Crippen MR) is 235 cm³/mol. The maximum Gasteiger partial charge on any atom is 0.158 e. The van der Waals surface area contributed by atoms with Gasteiger partial charge in [-0.2, -0.15) is 0 Å². The smallest absolute Gasteiger partial charge is 0.158 e. The van der Waals surface area contributed by atoms with Crippen molar-refractivity contribution in [1.29, 1.82) is 0 Å². The summed E-state index contributed by atoms with van der Waals surface area (Å²) in [7, 11) is -1.34. The van der Waals surface area contributed by atoms with Gasteiger partial charge >= 0.3 is 0 Å². The molecule has 0 aliphatic heterocycles. The second kappa shape index (κ2) is 15.6. The third-order valence-electron chi connectivity index (χ3n) is 10.5. The molecule has 0 unspecified atom stereocenters. The molecule has 0 aliphatic rings. The minimum atomic E-state index is -1.34. The summed E-state index contributed by atoms with van der Waals surface area (Å²) in [5.74, 6) is 1.01. The molecule has 6 aromatic carbocycles. The topological polar surface area (TPSA) is 57.0 Å². The van der Waals surface area contributed by atoms with Crippen molar-refractivity contribution >= 4 is 68.2 Å². The molecule has 8 heteroatoms. The normalized spacial score (nSPS) is 11.8. The molecule has 0 aliphatic carbocycles. The summed E-state index contributed by atoms with van der Waals surface area (Å²) in [6, 6.07) is 45.9. The zero-order valence-corrected chi connectivity index (χ0v) is 36.7. The average Bonchev–Trinajstić information content (AvgIpc) is 3.90. The van der Waals surface area contributed by atoms with Crippen LogP contribution >= 0.6 is 0 Å². The standard InChI is InChI=1S/C32H18FN2O2.C18H24NSi.Ir/c1-18-13-15-23(31-29(18)22-16-14-19(33)17-28(22)37-31)32-34-24-9-3-4-10-25(24)35(32)26-11-6-8-21-20-7-2-5-12-27(20)36-30(21)26;1-14(2)11-16-12-17(15-9-7-6-8-10-15)19-13-18(16)20(3,4)5;/h2-14,16-17H,1H3;6-9,12-14H,11H2,1-5H3;/q2*-1;. The fraction of sp³-hybridized carbons (Fsp3) is 0.160. The molecule has 10 rings (SSSR count). The Labute approximate surface area is 351 Å². The van der Waals surface area contributed by atoms with Crippen molar-refractivity contribution < 1.29 is 33.3 Å². The monoisotopic (exact) mass is 956 g/mol. The molecule has 0 atom stereocenters. The van der Waals surface area contributed by atoms with Gasteiger partial charge in [0.05, 0.1) is 36.2 Å². The number of aryl methyl sites for hydroxylation is 1. The second-order valence-electron chi connectivity index (χ2n) is 16.2. The summed E-state index contributed by atoms with van der Waals surface area (Å²) in [5.41, 5.74) is 10.7. The fourth-order valence-corrected chi connectivity index (χ4v) is 9.54. The second-order valence-corrected chi connectivity index (χ2v) is 21.2. The molecular formula is C50H42FIrN3O2Si-2. The van der Waals surface area contributed by atoms with E-state index in [1.807, 2.05) is 85.8 Å². The number of furan rings is 2. The third kappa shape index (κ3) is 7.10. The molecule has 0 spiro atoms. The zero-order valence-electron chi connectivity index (χ0n) is 33.3. The number of fused-ring (bicyclic) bond motifs is 7. The fourth-order valence-electron chi connectivity index (χ4n) is 7.95. The quantitative estimate of drug-likeness (QED) is 0.123. The molecule has 4 heterocycles. The molecule has 5 nitrogen and oxygen atoms in total. The van der Waals surface area contributed by atoms with E-state index in [1.54, 1.807) is 6.07 Å². The van der Waals surface area contributed by atoms with E-state index < -0.39 is 8.07 Å². The van der Waals surface area contributed by atoms with E-state index in [4.69, 9.17) is 13.8 Å². The van der Waals surface area contributed by atoms with Crippen LogP contribution in [0.15, 0.2) is 136 Å². The first-order valence-corrected chi connectivity index (χ1v) is 22.9. The molecule has 0 bridgehead atoms. The number of halogens is 1. The molecule has 0 amide bonds. The SMILES string of the molecule is CC(C)Cc1cc(-c2[c-]cccc2)ncc1[Si](C)(C)C.Cc1c[c-]c(-c2nc3ccccc3n2-c2cccc3c2oc2ccccc23)c2oc3cc(F)ccc3c12.[Ir]. The Bertz CT molecular complexity index is 3100. The Kier molecular flexibility index (Phi) is 10.5. The van der Waals surface area contributed by atoms with Gasteiger partial charge in [-0.3, -0.25) is 4.98 Å². The van der Waals surface area contributed by atoms with Gasteiger partial charge in [0, 0.05) is 48.5 Å². The summed E-state index contributed by atoms with van der Waals surface area (Å²) in [6.45, 7) is 13.7. The molecule has 58 heavy (non-hydrogen) atoms. The number of nitrogens with zero attached hydrogens (tertiary/aromatic N) is 3. The first-order valence-electron chi connectivity index (χ1n) is 19.4. The third-order valence-corrected chi connectivity index (χ3v) is 12.6. The Morgan fingerprint density at radius 3 is 2.33 bits per heavy atom. The van der Waals surface area contributed by atoms with Gasteiger partial charge in [-0.25, -0.2) is 4.39 Å². The largest absolute Gasteiger partial charge is 0.500 e. The number of benzene rings is 6. The van der Waals surface area contributed by atoms with Gasteiger partial charge in [0.25, 0.3) is 0 Å². The van der Waals surface area contributed by atoms with Gasteiger partial charge in [-0.1, -0.05) is 105 Å². The molecular weight excluding hydrogens is 914 g/mol. The molecule has 1 radical (unpaired) electrons. The summed E-state index contributed by atoms with van der Waals surface area (Å²) in [6.07, 6.45) is 3.24. The van der Waals surface area contributed by atoms with Crippen molar-refractivity contribution in [1.82, 2.24) is 14.5 Å². The van der Waals surface area contributed by atoms with Crippen LogP contribution in [-0.2, 0) is 26.5 Å². The Balaban J connectivity index is 0.000000191. The summed E-state index contributed by atoms with van der Waals surface area (Å²) in [4.78, 5) is 9.73. The van der Waals surface area contributed by atoms with E-state index in [0.717, 1.165) is 72.7 Å². The number of rotatable bonds is 6. The predicted octanol–water partition coefficient (Wildman–Crippen LogP) is 13.0. The Morgan fingerprint density at radius 1 is 0.776 bits per heavy atom. The minimum absolute atomic E-state index is 0. The van der Waals surface area contributed by atoms with Crippen LogP contribution in [-0.4, -0.2) is 22.6 Å². The molecule has 0 saturated heterocycles. The van der Waals surface area contributed by atoms with Crippen molar-refractivity contribution in [2.45, 2.75) is 46.8 Å². The van der Waals surface area contributed by atoms with Crippen LogP contribution in [0, 0.1) is 30.8 Å². The Morgan fingerprint density at radius 2 is 1.53 bits per heavy atom. The van der Waals surface area contributed by atoms with Crippen LogP contribution in [0.1, 0.15) is 25.0 Å². The van der Waals surface area contributed by atoms with Crippen LogP contribution in [0.25, 0.3) is 83.2 Å². The van der Waals surface area contributed by atoms with E-state index >= 15 is 0 Å². The van der Waals surface area contributed by atoms with Gasteiger partial charge < -0.3 is 18.4 Å². The minimum Gasteiger partial charge on any atom is -0.500 e. The van der Waals surface area contributed by atoms with Crippen molar-refractivity contribution in [3.05, 3.63) is 157 Å². The molecule has 0 saturated carbocycles. The Hall–Kier alpha value is -5.66. The molecule has 291 valence electrons. The molecule has 0 N–H and O–H groups in total. The van der Waals surface area contributed by atoms with Gasteiger partial charge in [0.1, 0.15) is 17.0 Å². The van der Waals surface area contributed by atoms with E-state index in [2.05, 4.69) is 85.6 Å². The number of aromatic nitrogens is 3. The molecule has 4 aromatic heterocycles. The number of imidazole rings is 1. The van der Waals surface area contributed by atoms with Crippen LogP contribution in [0.5, 0.6) is 0 Å². The average molecular weight is 956 g/mol. The van der Waals surface area contributed by atoms with E-state index in [-0.39, 0.29) is 25.9 Å². The number of pyridine rings is 1. The van der Waals surface area contributed by atoms with Crippen LogP contribution in [0.4, 0.5) is 4.39 Å². The molecule has 0 fully saturated rings. The summed E-state index contributed by atoms with van der Waals surface area (Å²) in [5, 5.41) is 5.39.